The van der Waals surface area contributed by atoms with Crippen LogP contribution in [0.1, 0.15) is 19.8 Å². The molecule has 0 aromatic carbocycles. The second-order valence-electron chi connectivity index (χ2n) is 2.04. The van der Waals surface area contributed by atoms with Gasteiger partial charge in [-0.2, -0.15) is 0 Å². The Morgan fingerprint density at radius 2 is 1.54 bits per heavy atom. The first-order valence-electron chi connectivity index (χ1n) is 3.57. The van der Waals surface area contributed by atoms with E-state index in [-0.39, 0.29) is 12.4 Å². The molecule has 76 valence electrons. The van der Waals surface area contributed by atoms with Crippen LogP contribution in [0, 0.1) is 0 Å². The van der Waals surface area contributed by atoms with Crippen molar-refractivity contribution in [2.75, 3.05) is 7.11 Å². The fourth-order valence-corrected chi connectivity index (χ4v) is 0.316. The Kier molecular flexibility index (Phi) is 9.14. The van der Waals surface area contributed by atoms with E-state index in [9.17, 15) is 14.4 Å². The molecule has 13 heavy (non-hydrogen) atoms. The average molecular weight is 190 g/mol. The van der Waals surface area contributed by atoms with Gasteiger partial charge in [0.15, 0.2) is 0 Å². The van der Waals surface area contributed by atoms with Gasteiger partial charge in [-0.1, -0.05) is 6.92 Å². The Balaban J connectivity index is 0. The molecule has 6 nitrogen and oxygen atoms in total. The number of esters is 1. The molecule has 0 aromatic heterocycles. The van der Waals surface area contributed by atoms with Gasteiger partial charge >= 0.3 is 5.97 Å². The van der Waals surface area contributed by atoms with Crippen LogP contribution in [0.2, 0.25) is 0 Å². The maximum absolute atomic E-state index is 9.96. The molecule has 0 unspecified atom stereocenters. The lowest BCUT2D eigenvalue weighted by Crippen LogP contribution is -2.21. The lowest BCUT2D eigenvalue weighted by Gasteiger charge is -1.87. The van der Waals surface area contributed by atoms with E-state index in [0.717, 1.165) is 0 Å². The monoisotopic (exact) mass is 190 g/mol. The summed E-state index contributed by atoms with van der Waals surface area (Å²) in [7, 11) is 1.38. The predicted octanol–water partition coefficient (Wildman–Crippen LogP) is -1.08. The third-order valence-corrected chi connectivity index (χ3v) is 0.865. The number of primary amides is 2. The number of hydrogen-bond acceptors (Lipinski definition) is 4. The Morgan fingerprint density at radius 1 is 1.15 bits per heavy atom. The summed E-state index contributed by atoms with van der Waals surface area (Å²) in [6.45, 7) is 1.76. The fourth-order valence-electron chi connectivity index (χ4n) is 0.316. The van der Waals surface area contributed by atoms with Crippen LogP contribution in [0.3, 0.4) is 0 Å². The summed E-state index contributed by atoms with van der Waals surface area (Å²) in [5, 5.41) is 0. The molecule has 0 aliphatic rings. The van der Waals surface area contributed by atoms with Crippen LogP contribution in [-0.4, -0.2) is 24.9 Å². The number of amides is 2. The zero-order valence-electron chi connectivity index (χ0n) is 7.70. The molecule has 0 saturated carbocycles. The van der Waals surface area contributed by atoms with E-state index in [4.69, 9.17) is 0 Å². The SMILES string of the molecule is CCC(=O)OC.NC(=O)CC(N)=O. The number of hydrogen-bond donors (Lipinski definition) is 2. The van der Waals surface area contributed by atoms with Gasteiger partial charge in [0.25, 0.3) is 0 Å². The van der Waals surface area contributed by atoms with E-state index in [2.05, 4.69) is 16.2 Å². The lowest BCUT2D eigenvalue weighted by molar-refractivity contribution is -0.140. The average Bonchev–Trinajstić information content (AvgIpc) is 2.01. The van der Waals surface area contributed by atoms with Crippen molar-refractivity contribution in [3.8, 4) is 0 Å². The maximum atomic E-state index is 9.96. The number of carbonyl (C=O) groups is 3. The van der Waals surface area contributed by atoms with Gasteiger partial charge in [0.2, 0.25) is 11.8 Å². The normalized spacial score (nSPS) is 7.85. The molecule has 4 N–H and O–H groups in total. The van der Waals surface area contributed by atoms with Crippen LogP contribution in [-0.2, 0) is 19.1 Å². The standard InChI is InChI=1S/C4H8O2.C3H6N2O2/c1-3-4(5)6-2;4-2(6)1-3(5)7/h3H2,1-2H3;1H2,(H2,4,6)(H2,5,7). The van der Waals surface area contributed by atoms with Crippen molar-refractivity contribution in [1.29, 1.82) is 0 Å². The summed E-state index contributed by atoms with van der Waals surface area (Å²) in [6.07, 6.45) is 0.108. The molecule has 0 fully saturated rings. The molecule has 0 heterocycles. The molecule has 0 aromatic rings. The Bertz CT molecular complexity index is 173. The molecule has 0 saturated heterocycles. The second-order valence-corrected chi connectivity index (χ2v) is 2.04. The fraction of sp³-hybridized carbons (Fsp3) is 0.571. The number of rotatable bonds is 3. The van der Waals surface area contributed by atoms with E-state index in [0.29, 0.717) is 6.42 Å². The van der Waals surface area contributed by atoms with Crippen molar-refractivity contribution in [3.63, 3.8) is 0 Å². The van der Waals surface area contributed by atoms with Gasteiger partial charge in [0.05, 0.1) is 7.11 Å². The van der Waals surface area contributed by atoms with Crippen molar-refractivity contribution in [2.24, 2.45) is 11.5 Å². The highest BCUT2D eigenvalue weighted by atomic mass is 16.5. The van der Waals surface area contributed by atoms with E-state index in [1.807, 2.05) is 0 Å². The zero-order chi connectivity index (χ0) is 10.9. The Hall–Kier alpha value is -1.59. The highest BCUT2D eigenvalue weighted by molar-refractivity contribution is 5.95. The quantitative estimate of drug-likeness (QED) is 0.435. The van der Waals surface area contributed by atoms with Gasteiger partial charge in [-0.3, -0.25) is 14.4 Å². The van der Waals surface area contributed by atoms with Crippen LogP contribution in [0.5, 0.6) is 0 Å². The molecule has 0 radical (unpaired) electrons. The molecule has 0 spiro atoms. The minimum Gasteiger partial charge on any atom is -0.469 e. The minimum atomic E-state index is -0.687. The number of methoxy groups -OCH3 is 1. The first kappa shape index (κ1) is 14.0. The van der Waals surface area contributed by atoms with Crippen LogP contribution in [0.15, 0.2) is 0 Å². The highest BCUT2D eigenvalue weighted by Gasteiger charge is 1.96. The third kappa shape index (κ3) is 17.9. The smallest absolute Gasteiger partial charge is 0.305 e. The highest BCUT2D eigenvalue weighted by Crippen LogP contribution is 1.76. The largest absolute Gasteiger partial charge is 0.469 e. The minimum absolute atomic E-state index is 0.157. The van der Waals surface area contributed by atoms with Crippen molar-refractivity contribution < 1.29 is 19.1 Å². The van der Waals surface area contributed by atoms with Gasteiger partial charge in [-0.15, -0.1) is 0 Å². The topological polar surface area (TPSA) is 112 Å². The second kappa shape index (κ2) is 8.51. The Labute approximate surface area is 76.2 Å². The van der Waals surface area contributed by atoms with Crippen LogP contribution in [0.25, 0.3) is 0 Å². The van der Waals surface area contributed by atoms with Crippen LogP contribution in [0.4, 0.5) is 0 Å². The van der Waals surface area contributed by atoms with Gasteiger partial charge in [0.1, 0.15) is 6.42 Å². The predicted molar refractivity (Wildman–Crippen MR) is 45.3 cm³/mol. The summed E-state index contributed by atoms with van der Waals surface area (Å²) in [5.74, 6) is -1.53. The summed E-state index contributed by atoms with van der Waals surface area (Å²) >= 11 is 0. The van der Waals surface area contributed by atoms with E-state index in [1.165, 1.54) is 7.11 Å². The summed E-state index contributed by atoms with van der Waals surface area (Å²) in [4.78, 5) is 29.4. The molecule has 2 amide bonds. The number of ether oxygens (including phenoxy) is 1. The molecule has 0 atom stereocenters. The molecule has 0 rings (SSSR count). The molecule has 0 bridgehead atoms. The summed E-state index contributed by atoms with van der Waals surface area (Å²) < 4.78 is 4.26. The van der Waals surface area contributed by atoms with E-state index >= 15 is 0 Å². The lowest BCUT2D eigenvalue weighted by atomic mass is 10.4. The van der Waals surface area contributed by atoms with Crippen molar-refractivity contribution in [3.05, 3.63) is 0 Å². The molecule has 0 aliphatic heterocycles. The van der Waals surface area contributed by atoms with Gasteiger partial charge in [-0.25, -0.2) is 0 Å². The molecular weight excluding hydrogens is 176 g/mol. The van der Waals surface area contributed by atoms with E-state index in [1.54, 1.807) is 6.92 Å². The van der Waals surface area contributed by atoms with Crippen molar-refractivity contribution >= 4 is 17.8 Å². The molecule has 0 aliphatic carbocycles. The van der Waals surface area contributed by atoms with Crippen molar-refractivity contribution in [1.82, 2.24) is 0 Å². The molecule has 6 heteroatoms. The van der Waals surface area contributed by atoms with Gasteiger partial charge in [-0.05, 0) is 0 Å². The van der Waals surface area contributed by atoms with Gasteiger partial charge in [0, 0.05) is 6.42 Å². The van der Waals surface area contributed by atoms with E-state index < -0.39 is 11.8 Å². The van der Waals surface area contributed by atoms with Gasteiger partial charge < -0.3 is 16.2 Å². The number of nitrogens with two attached hydrogens (primary N) is 2. The molecular formula is C7H14N2O4. The first-order chi connectivity index (χ1) is 5.93. The third-order valence-electron chi connectivity index (χ3n) is 0.865. The Morgan fingerprint density at radius 3 is 1.54 bits per heavy atom. The van der Waals surface area contributed by atoms with Crippen LogP contribution < -0.4 is 11.5 Å². The summed E-state index contributed by atoms with van der Waals surface area (Å²) in [5.41, 5.74) is 9.11. The van der Waals surface area contributed by atoms with Crippen molar-refractivity contribution in [2.45, 2.75) is 19.8 Å². The maximum Gasteiger partial charge on any atom is 0.305 e. The number of carbonyl (C=O) groups excluding carboxylic acids is 3. The summed E-state index contributed by atoms with van der Waals surface area (Å²) in [6, 6.07) is 0. The first-order valence-corrected chi connectivity index (χ1v) is 3.57. The van der Waals surface area contributed by atoms with Crippen LogP contribution >= 0.6 is 0 Å². The zero-order valence-corrected chi connectivity index (χ0v) is 7.70.